The Bertz CT molecular complexity index is 1080. The van der Waals surface area contributed by atoms with E-state index in [0.29, 0.717) is 0 Å². The Kier molecular flexibility index (Phi) is 3.94. The largest absolute Gasteiger partial charge is 0.314 e. The Labute approximate surface area is 157 Å². The van der Waals surface area contributed by atoms with Gasteiger partial charge in [0.05, 0.1) is 6.20 Å². The van der Waals surface area contributed by atoms with Crippen LogP contribution in [0.3, 0.4) is 0 Å². The lowest BCUT2D eigenvalue weighted by molar-refractivity contribution is 0.270. The highest BCUT2D eigenvalue weighted by atomic mass is 15.3. The smallest absolute Gasteiger partial charge is 0.162 e. The highest BCUT2D eigenvalue weighted by Crippen LogP contribution is 2.23. The van der Waals surface area contributed by atoms with E-state index < -0.39 is 0 Å². The first-order valence-electron chi connectivity index (χ1n) is 9.26. The summed E-state index contributed by atoms with van der Waals surface area (Å²) in [4.78, 5) is 7.14. The lowest BCUT2D eigenvalue weighted by Gasteiger charge is -2.19. The maximum atomic E-state index is 4.70. The molecule has 1 aliphatic heterocycles. The summed E-state index contributed by atoms with van der Waals surface area (Å²) >= 11 is 0. The first kappa shape index (κ1) is 16.1. The second-order valence-electron chi connectivity index (χ2n) is 7.00. The summed E-state index contributed by atoms with van der Waals surface area (Å²) in [5.41, 5.74) is 4.26. The summed E-state index contributed by atoms with van der Waals surface area (Å²) in [6, 6.07) is 10.3. The van der Waals surface area contributed by atoms with Crippen LogP contribution in [0.15, 0.2) is 48.9 Å². The second-order valence-corrected chi connectivity index (χ2v) is 7.00. The molecule has 1 aromatic carbocycles. The molecule has 27 heavy (non-hydrogen) atoms. The highest BCUT2D eigenvalue weighted by molar-refractivity contribution is 5.76. The van der Waals surface area contributed by atoms with E-state index in [1.165, 1.54) is 5.56 Å². The van der Waals surface area contributed by atoms with Gasteiger partial charge in [0.1, 0.15) is 11.6 Å². The van der Waals surface area contributed by atoms with Gasteiger partial charge in [0.15, 0.2) is 5.65 Å². The van der Waals surface area contributed by atoms with Crippen LogP contribution >= 0.6 is 0 Å². The number of hydrogen-bond donors (Lipinski definition) is 0. The van der Waals surface area contributed by atoms with Gasteiger partial charge in [-0.2, -0.15) is 5.10 Å². The minimum Gasteiger partial charge on any atom is -0.314 e. The Balaban J connectivity index is 1.36. The van der Waals surface area contributed by atoms with Crippen molar-refractivity contribution < 1.29 is 0 Å². The average Bonchev–Trinajstić information content (AvgIpc) is 3.21. The van der Waals surface area contributed by atoms with Gasteiger partial charge in [-0.15, -0.1) is 10.2 Å². The maximum absolute atomic E-state index is 4.70. The molecule has 136 valence electrons. The molecule has 4 aromatic rings. The molecular formula is C20H21N7. The molecule has 0 amide bonds. The number of nitrogens with zero attached hydrogens (tertiary/aromatic N) is 7. The summed E-state index contributed by atoms with van der Waals surface area (Å²) in [5.74, 6) is 2.09. The first-order valence-corrected chi connectivity index (χ1v) is 9.26. The fourth-order valence-corrected chi connectivity index (χ4v) is 3.74. The van der Waals surface area contributed by atoms with Crippen molar-refractivity contribution in [2.24, 2.45) is 0 Å². The van der Waals surface area contributed by atoms with Gasteiger partial charge in [-0.1, -0.05) is 30.3 Å². The molecule has 0 bridgehead atoms. The zero-order valence-electron chi connectivity index (χ0n) is 15.3. The average molecular weight is 359 g/mol. The molecular weight excluding hydrogens is 338 g/mol. The van der Waals surface area contributed by atoms with E-state index in [0.717, 1.165) is 61.0 Å². The van der Waals surface area contributed by atoms with Crippen molar-refractivity contribution in [3.63, 3.8) is 0 Å². The fraction of sp³-hybridized carbons (Fsp3) is 0.300. The molecule has 0 spiro atoms. The Morgan fingerprint density at radius 3 is 2.78 bits per heavy atom. The number of hydrogen-bond acceptors (Lipinski definition) is 5. The van der Waals surface area contributed by atoms with E-state index >= 15 is 0 Å². The van der Waals surface area contributed by atoms with Gasteiger partial charge in [0, 0.05) is 56.1 Å². The van der Waals surface area contributed by atoms with E-state index in [-0.39, 0.29) is 0 Å². The van der Waals surface area contributed by atoms with E-state index in [2.05, 4.69) is 43.1 Å². The van der Waals surface area contributed by atoms with E-state index in [4.69, 9.17) is 4.98 Å². The van der Waals surface area contributed by atoms with E-state index in [1.54, 1.807) is 0 Å². The monoisotopic (exact) mass is 359 g/mol. The molecule has 0 radical (unpaired) electrons. The third kappa shape index (κ3) is 3.00. The maximum Gasteiger partial charge on any atom is 0.162 e. The number of fused-ring (bicyclic) bond motifs is 2. The first-order chi connectivity index (χ1) is 13.3. The van der Waals surface area contributed by atoms with Crippen LogP contribution < -0.4 is 0 Å². The van der Waals surface area contributed by atoms with Crippen LogP contribution in [-0.2, 0) is 19.5 Å². The predicted octanol–water partition coefficient (Wildman–Crippen LogP) is 2.35. The molecule has 0 saturated carbocycles. The molecule has 0 fully saturated rings. The molecule has 1 aliphatic rings. The molecule has 0 atom stereocenters. The van der Waals surface area contributed by atoms with Crippen LogP contribution in [-0.4, -0.2) is 47.4 Å². The predicted molar refractivity (Wildman–Crippen MR) is 102 cm³/mol. The summed E-state index contributed by atoms with van der Waals surface area (Å²) in [6.07, 6.45) is 6.88. The van der Waals surface area contributed by atoms with Crippen molar-refractivity contribution in [3.05, 3.63) is 66.1 Å². The van der Waals surface area contributed by atoms with Gasteiger partial charge in [-0.25, -0.2) is 9.50 Å². The number of rotatable bonds is 3. The third-order valence-corrected chi connectivity index (χ3v) is 5.20. The van der Waals surface area contributed by atoms with Gasteiger partial charge in [-0.3, -0.25) is 4.90 Å². The molecule has 0 N–H and O–H groups in total. The molecule has 0 saturated heterocycles. The Morgan fingerprint density at radius 2 is 1.89 bits per heavy atom. The van der Waals surface area contributed by atoms with Crippen LogP contribution in [0.25, 0.3) is 16.8 Å². The van der Waals surface area contributed by atoms with Crippen molar-refractivity contribution >= 4 is 5.65 Å². The third-order valence-electron chi connectivity index (χ3n) is 5.20. The minimum atomic E-state index is 0.862. The topological polar surface area (TPSA) is 64.1 Å². The number of aryl methyl sites for hydroxylation is 1. The second kappa shape index (κ2) is 6.59. The molecule has 0 aliphatic carbocycles. The summed E-state index contributed by atoms with van der Waals surface area (Å²) < 4.78 is 4.11. The number of aromatic nitrogens is 6. The SMILES string of the molecule is Cc1nnc2n1CCN(Cc1cnc3c(-c4ccccc4)cnn3c1)CC2. The molecule has 5 rings (SSSR count). The van der Waals surface area contributed by atoms with Gasteiger partial charge in [0.25, 0.3) is 0 Å². The van der Waals surface area contributed by atoms with Crippen molar-refractivity contribution in [3.8, 4) is 11.1 Å². The Morgan fingerprint density at radius 1 is 1.00 bits per heavy atom. The lowest BCUT2D eigenvalue weighted by atomic mass is 10.1. The van der Waals surface area contributed by atoms with Crippen molar-refractivity contribution in [2.75, 3.05) is 13.1 Å². The normalized spacial score (nSPS) is 15.0. The molecule has 3 aromatic heterocycles. The molecule has 7 nitrogen and oxygen atoms in total. The van der Waals surface area contributed by atoms with Gasteiger partial charge in [0.2, 0.25) is 0 Å². The summed E-state index contributed by atoms with van der Waals surface area (Å²) in [6.45, 7) is 5.78. The number of benzene rings is 1. The zero-order chi connectivity index (χ0) is 18.2. The quantitative estimate of drug-likeness (QED) is 0.562. The van der Waals surface area contributed by atoms with Crippen molar-refractivity contribution in [1.29, 1.82) is 0 Å². The van der Waals surface area contributed by atoms with Crippen LogP contribution in [0.5, 0.6) is 0 Å². The van der Waals surface area contributed by atoms with Gasteiger partial charge < -0.3 is 4.57 Å². The van der Waals surface area contributed by atoms with Gasteiger partial charge in [-0.05, 0) is 12.5 Å². The summed E-state index contributed by atoms with van der Waals surface area (Å²) in [5, 5.41) is 13.0. The van der Waals surface area contributed by atoms with Crippen molar-refractivity contribution in [2.45, 2.75) is 26.4 Å². The van der Waals surface area contributed by atoms with Gasteiger partial charge >= 0.3 is 0 Å². The fourth-order valence-electron chi connectivity index (χ4n) is 3.74. The van der Waals surface area contributed by atoms with Crippen LogP contribution in [0.4, 0.5) is 0 Å². The standard InChI is InChI=1S/C20H21N7/c1-15-23-24-19-7-8-25(9-10-26(15)19)13-16-11-21-20-18(12-22-27(20)14-16)17-5-3-2-4-6-17/h2-6,11-12,14H,7-10,13H2,1H3. The molecule has 4 heterocycles. The molecule has 0 unspecified atom stereocenters. The molecule has 7 heteroatoms. The van der Waals surface area contributed by atoms with Crippen LogP contribution in [0, 0.1) is 6.92 Å². The lowest BCUT2D eigenvalue weighted by Crippen LogP contribution is -2.27. The van der Waals surface area contributed by atoms with Crippen LogP contribution in [0.2, 0.25) is 0 Å². The minimum absolute atomic E-state index is 0.862. The van der Waals surface area contributed by atoms with Crippen LogP contribution in [0.1, 0.15) is 17.2 Å². The zero-order valence-corrected chi connectivity index (χ0v) is 15.3. The summed E-state index contributed by atoms with van der Waals surface area (Å²) in [7, 11) is 0. The Hall–Kier alpha value is -3.06. The van der Waals surface area contributed by atoms with E-state index in [1.807, 2.05) is 42.0 Å². The van der Waals surface area contributed by atoms with E-state index in [9.17, 15) is 0 Å². The highest BCUT2D eigenvalue weighted by Gasteiger charge is 2.17. The van der Waals surface area contributed by atoms with Crippen molar-refractivity contribution in [1.82, 2.24) is 34.3 Å².